The van der Waals surface area contributed by atoms with Gasteiger partial charge in [0.15, 0.2) is 0 Å². The Balaban J connectivity index is 2.38. The number of rotatable bonds is 7. The predicted molar refractivity (Wildman–Crippen MR) is 68.1 cm³/mol. The molecule has 0 aliphatic carbocycles. The van der Waals surface area contributed by atoms with Gasteiger partial charge >= 0.3 is 0 Å². The quantitative estimate of drug-likeness (QED) is 0.691. The van der Waals surface area contributed by atoms with Crippen molar-refractivity contribution < 1.29 is 5.11 Å². The maximum Gasteiger partial charge on any atom is 0.0681 e. The van der Waals surface area contributed by atoms with Crippen molar-refractivity contribution in [3.05, 3.63) is 48.0 Å². The van der Waals surface area contributed by atoms with E-state index in [1.54, 1.807) is 0 Å². The average molecular weight is 219 g/mol. The Kier molecular flexibility index (Phi) is 5.83. The van der Waals surface area contributed by atoms with E-state index < -0.39 is 0 Å². The van der Waals surface area contributed by atoms with E-state index in [1.807, 2.05) is 24.3 Å². The van der Waals surface area contributed by atoms with Crippen molar-refractivity contribution in [1.29, 1.82) is 0 Å². The van der Waals surface area contributed by atoms with Crippen LogP contribution in [0.5, 0.6) is 0 Å². The molecule has 2 heteroatoms. The highest BCUT2D eigenvalue weighted by atomic mass is 16.3. The van der Waals surface area contributed by atoms with Crippen molar-refractivity contribution in [2.45, 2.75) is 39.0 Å². The molecular formula is C14H21NO. The summed E-state index contributed by atoms with van der Waals surface area (Å²) in [6, 6.07) is 8.53. The van der Waals surface area contributed by atoms with Gasteiger partial charge in [-0.1, -0.05) is 30.3 Å². The molecule has 0 amide bonds. The Morgan fingerprint density at radius 1 is 1.44 bits per heavy atom. The van der Waals surface area contributed by atoms with Gasteiger partial charge in [0.2, 0.25) is 0 Å². The summed E-state index contributed by atoms with van der Waals surface area (Å²) in [5.74, 6) is 0. The highest BCUT2D eigenvalue weighted by Crippen LogP contribution is 2.06. The number of allylic oxidation sites excluding steroid dienone is 1. The van der Waals surface area contributed by atoms with Crippen molar-refractivity contribution in [3.63, 3.8) is 0 Å². The molecule has 1 unspecified atom stereocenters. The molecule has 0 radical (unpaired) electrons. The lowest BCUT2D eigenvalue weighted by atomic mass is 10.1. The van der Waals surface area contributed by atoms with Crippen molar-refractivity contribution in [2.24, 2.45) is 0 Å². The predicted octanol–water partition coefficient (Wildman–Crippen LogP) is 2.62. The van der Waals surface area contributed by atoms with Crippen LogP contribution in [0.2, 0.25) is 0 Å². The van der Waals surface area contributed by atoms with Crippen LogP contribution in [0.4, 0.5) is 0 Å². The standard InChI is InChI=1S/C14H21NO/c1-3-4-6-12(2)15-10-13-7-5-8-14(9-13)11-16/h3,5,7-9,12,15-16H,1,4,6,10-11H2,2H3. The minimum absolute atomic E-state index is 0.111. The van der Waals surface area contributed by atoms with Crippen molar-refractivity contribution in [1.82, 2.24) is 5.32 Å². The third-order valence-electron chi connectivity index (χ3n) is 2.63. The van der Waals surface area contributed by atoms with Crippen LogP contribution in [-0.2, 0) is 13.2 Å². The van der Waals surface area contributed by atoms with Crippen LogP contribution < -0.4 is 5.32 Å². The van der Waals surface area contributed by atoms with Crippen molar-refractivity contribution in [2.75, 3.05) is 0 Å². The minimum Gasteiger partial charge on any atom is -0.392 e. The number of benzene rings is 1. The molecule has 16 heavy (non-hydrogen) atoms. The largest absolute Gasteiger partial charge is 0.392 e. The lowest BCUT2D eigenvalue weighted by Gasteiger charge is -2.13. The third-order valence-corrected chi connectivity index (χ3v) is 2.63. The first kappa shape index (κ1) is 12.9. The summed E-state index contributed by atoms with van der Waals surface area (Å²) in [4.78, 5) is 0. The fraction of sp³-hybridized carbons (Fsp3) is 0.429. The van der Waals surface area contributed by atoms with Crippen molar-refractivity contribution in [3.8, 4) is 0 Å². The van der Waals surface area contributed by atoms with E-state index in [9.17, 15) is 0 Å². The summed E-state index contributed by atoms with van der Waals surface area (Å²) in [5, 5.41) is 12.5. The number of aliphatic hydroxyl groups is 1. The second kappa shape index (κ2) is 7.20. The van der Waals surface area contributed by atoms with Gasteiger partial charge in [-0.3, -0.25) is 0 Å². The van der Waals surface area contributed by atoms with E-state index in [2.05, 4.69) is 24.9 Å². The summed E-state index contributed by atoms with van der Waals surface area (Å²) < 4.78 is 0. The van der Waals surface area contributed by atoms with E-state index in [-0.39, 0.29) is 6.61 Å². The Morgan fingerprint density at radius 2 is 2.19 bits per heavy atom. The van der Waals surface area contributed by atoms with Gasteiger partial charge in [-0.05, 0) is 30.9 Å². The van der Waals surface area contributed by atoms with E-state index in [0.717, 1.165) is 24.9 Å². The molecule has 0 aliphatic heterocycles. The molecule has 1 rings (SSSR count). The molecule has 0 aromatic heterocycles. The Hall–Kier alpha value is -1.12. The van der Waals surface area contributed by atoms with Crippen molar-refractivity contribution >= 4 is 0 Å². The summed E-state index contributed by atoms with van der Waals surface area (Å²) in [6.07, 6.45) is 4.11. The first-order chi connectivity index (χ1) is 7.76. The molecule has 0 heterocycles. The number of aliphatic hydroxyl groups excluding tert-OH is 1. The van der Waals surface area contributed by atoms with E-state index >= 15 is 0 Å². The van der Waals surface area contributed by atoms with E-state index in [4.69, 9.17) is 5.11 Å². The lowest BCUT2D eigenvalue weighted by Crippen LogP contribution is -2.25. The van der Waals surface area contributed by atoms with Gasteiger partial charge in [0, 0.05) is 12.6 Å². The maximum atomic E-state index is 9.02. The van der Waals surface area contributed by atoms with Crippen LogP contribution in [0.15, 0.2) is 36.9 Å². The van der Waals surface area contributed by atoms with Gasteiger partial charge in [-0.15, -0.1) is 6.58 Å². The van der Waals surface area contributed by atoms with Crippen LogP contribution in [0, 0.1) is 0 Å². The molecule has 2 N–H and O–H groups in total. The fourth-order valence-electron chi connectivity index (χ4n) is 1.60. The van der Waals surface area contributed by atoms with Gasteiger partial charge in [0.05, 0.1) is 6.61 Å². The van der Waals surface area contributed by atoms with E-state index in [1.165, 1.54) is 5.56 Å². The zero-order chi connectivity index (χ0) is 11.8. The number of hydrogen-bond acceptors (Lipinski definition) is 2. The molecule has 2 nitrogen and oxygen atoms in total. The number of hydrogen-bond donors (Lipinski definition) is 2. The van der Waals surface area contributed by atoms with Crippen LogP contribution in [0.25, 0.3) is 0 Å². The molecule has 88 valence electrons. The molecule has 1 atom stereocenters. The molecular weight excluding hydrogens is 198 g/mol. The molecule has 0 saturated heterocycles. The summed E-state index contributed by atoms with van der Waals surface area (Å²) >= 11 is 0. The van der Waals surface area contributed by atoms with Gasteiger partial charge in [-0.25, -0.2) is 0 Å². The van der Waals surface area contributed by atoms with Gasteiger partial charge in [-0.2, -0.15) is 0 Å². The molecule has 0 bridgehead atoms. The second-order valence-corrected chi connectivity index (χ2v) is 4.13. The highest BCUT2D eigenvalue weighted by Gasteiger charge is 2.00. The van der Waals surface area contributed by atoms with Crippen LogP contribution >= 0.6 is 0 Å². The molecule has 0 fully saturated rings. The molecule has 1 aromatic carbocycles. The zero-order valence-corrected chi connectivity index (χ0v) is 9.95. The summed E-state index contributed by atoms with van der Waals surface area (Å²) in [5.41, 5.74) is 2.19. The normalized spacial score (nSPS) is 12.4. The maximum absolute atomic E-state index is 9.02. The van der Waals surface area contributed by atoms with Crippen LogP contribution in [-0.4, -0.2) is 11.1 Å². The smallest absolute Gasteiger partial charge is 0.0681 e. The Labute approximate surface area is 98.0 Å². The third kappa shape index (κ3) is 4.60. The second-order valence-electron chi connectivity index (χ2n) is 4.13. The Bertz CT molecular complexity index is 322. The van der Waals surface area contributed by atoms with Crippen LogP contribution in [0.1, 0.15) is 30.9 Å². The molecule has 0 aliphatic rings. The molecule has 0 spiro atoms. The molecule has 0 saturated carbocycles. The van der Waals surface area contributed by atoms with E-state index in [0.29, 0.717) is 6.04 Å². The molecule has 1 aromatic rings. The first-order valence-electron chi connectivity index (χ1n) is 5.79. The topological polar surface area (TPSA) is 32.3 Å². The first-order valence-corrected chi connectivity index (χ1v) is 5.79. The van der Waals surface area contributed by atoms with Gasteiger partial charge in [0.1, 0.15) is 0 Å². The summed E-state index contributed by atoms with van der Waals surface area (Å²) in [7, 11) is 0. The highest BCUT2D eigenvalue weighted by molar-refractivity contribution is 5.22. The fourth-order valence-corrected chi connectivity index (χ4v) is 1.60. The SMILES string of the molecule is C=CCCC(C)NCc1cccc(CO)c1. The van der Waals surface area contributed by atoms with Gasteiger partial charge in [0.25, 0.3) is 0 Å². The van der Waals surface area contributed by atoms with Gasteiger partial charge < -0.3 is 10.4 Å². The number of nitrogens with one attached hydrogen (secondary N) is 1. The monoisotopic (exact) mass is 219 g/mol. The average Bonchev–Trinajstić information content (AvgIpc) is 2.34. The Morgan fingerprint density at radius 3 is 2.88 bits per heavy atom. The lowest BCUT2D eigenvalue weighted by molar-refractivity contribution is 0.281. The zero-order valence-electron chi connectivity index (χ0n) is 9.95. The summed E-state index contributed by atoms with van der Waals surface area (Å²) in [6.45, 7) is 6.86. The van der Waals surface area contributed by atoms with Crippen LogP contribution in [0.3, 0.4) is 0 Å². The minimum atomic E-state index is 0.111.